The van der Waals surface area contributed by atoms with Crippen molar-refractivity contribution in [2.45, 2.75) is 59.5 Å². The molecule has 0 atom stereocenters. The molecule has 0 radical (unpaired) electrons. The van der Waals surface area contributed by atoms with Crippen LogP contribution in [0, 0.1) is 13.7 Å². The maximum Gasteiger partial charge on any atom is 0.107 e. The average Bonchev–Trinajstić information content (AvgIpc) is 2.56. The molecule has 18 heavy (non-hydrogen) atoms. The maximum absolute atomic E-state index is 4.42. The SMILES string of the molecule is CC1(C)CC(NCc2ncc(I)s2)CC(C)(C)C1. The molecule has 0 saturated heterocycles. The summed E-state index contributed by atoms with van der Waals surface area (Å²) in [6, 6.07) is 0.630. The summed E-state index contributed by atoms with van der Waals surface area (Å²) in [7, 11) is 0. The van der Waals surface area contributed by atoms with Crippen LogP contribution in [0.2, 0.25) is 0 Å². The molecule has 0 aromatic carbocycles. The van der Waals surface area contributed by atoms with Crippen LogP contribution >= 0.6 is 33.9 Å². The van der Waals surface area contributed by atoms with Gasteiger partial charge in [-0.3, -0.25) is 0 Å². The van der Waals surface area contributed by atoms with Crippen LogP contribution in [-0.4, -0.2) is 11.0 Å². The Morgan fingerprint density at radius 3 is 2.44 bits per heavy atom. The van der Waals surface area contributed by atoms with Gasteiger partial charge in [-0.25, -0.2) is 4.98 Å². The van der Waals surface area contributed by atoms with E-state index in [9.17, 15) is 0 Å². The molecule has 1 saturated carbocycles. The van der Waals surface area contributed by atoms with Gasteiger partial charge in [-0.2, -0.15) is 0 Å². The highest BCUT2D eigenvalue weighted by Gasteiger charge is 2.38. The normalized spacial score (nSPS) is 23.2. The fraction of sp³-hybridized carbons (Fsp3) is 0.786. The number of aromatic nitrogens is 1. The van der Waals surface area contributed by atoms with E-state index in [1.54, 1.807) is 11.3 Å². The molecule has 1 N–H and O–H groups in total. The predicted octanol–water partition coefficient (Wildman–Crippen LogP) is 4.44. The van der Waals surface area contributed by atoms with Crippen molar-refractivity contribution in [2.24, 2.45) is 10.8 Å². The molecule has 2 nitrogen and oxygen atoms in total. The summed E-state index contributed by atoms with van der Waals surface area (Å²) < 4.78 is 1.27. The fourth-order valence-electron chi connectivity index (χ4n) is 3.59. The summed E-state index contributed by atoms with van der Waals surface area (Å²) in [5.74, 6) is 0. The molecule has 1 aromatic heterocycles. The van der Waals surface area contributed by atoms with Gasteiger partial charge in [-0.15, -0.1) is 11.3 Å². The Morgan fingerprint density at radius 2 is 1.94 bits per heavy atom. The van der Waals surface area contributed by atoms with Gasteiger partial charge < -0.3 is 5.32 Å². The van der Waals surface area contributed by atoms with Crippen molar-refractivity contribution in [3.05, 3.63) is 14.1 Å². The van der Waals surface area contributed by atoms with E-state index in [2.05, 4.69) is 60.6 Å². The lowest BCUT2D eigenvalue weighted by molar-refractivity contribution is 0.0845. The zero-order valence-corrected chi connectivity index (χ0v) is 14.7. The van der Waals surface area contributed by atoms with Crippen LogP contribution in [0.4, 0.5) is 0 Å². The summed E-state index contributed by atoms with van der Waals surface area (Å²) in [6.07, 6.45) is 5.84. The van der Waals surface area contributed by atoms with E-state index >= 15 is 0 Å². The van der Waals surface area contributed by atoms with Crippen molar-refractivity contribution in [3.8, 4) is 0 Å². The number of thiazole rings is 1. The molecule has 1 aliphatic carbocycles. The van der Waals surface area contributed by atoms with E-state index in [1.165, 1.54) is 27.2 Å². The van der Waals surface area contributed by atoms with Crippen LogP contribution < -0.4 is 5.32 Å². The Morgan fingerprint density at radius 1 is 1.33 bits per heavy atom. The van der Waals surface area contributed by atoms with E-state index in [0.717, 1.165) is 6.54 Å². The average molecular weight is 378 g/mol. The molecule has 0 unspecified atom stereocenters. The molecule has 1 heterocycles. The van der Waals surface area contributed by atoms with E-state index in [4.69, 9.17) is 0 Å². The van der Waals surface area contributed by atoms with E-state index < -0.39 is 0 Å². The minimum atomic E-state index is 0.455. The Kier molecular flexibility index (Phi) is 4.39. The first kappa shape index (κ1) is 14.7. The minimum Gasteiger partial charge on any atom is -0.308 e. The molecule has 0 spiro atoms. The summed E-state index contributed by atoms with van der Waals surface area (Å²) in [5, 5.41) is 4.92. The van der Waals surface area contributed by atoms with Crippen molar-refractivity contribution in [2.75, 3.05) is 0 Å². The summed E-state index contributed by atoms with van der Waals surface area (Å²) in [4.78, 5) is 4.42. The Bertz CT molecular complexity index is 396. The molecular weight excluding hydrogens is 355 g/mol. The molecule has 102 valence electrons. The van der Waals surface area contributed by atoms with Gasteiger partial charge in [0.05, 0.1) is 9.08 Å². The predicted molar refractivity (Wildman–Crippen MR) is 86.9 cm³/mol. The van der Waals surface area contributed by atoms with Crippen molar-refractivity contribution >= 4 is 33.9 Å². The van der Waals surface area contributed by atoms with Crippen molar-refractivity contribution in [1.82, 2.24) is 10.3 Å². The number of nitrogens with zero attached hydrogens (tertiary/aromatic N) is 1. The van der Waals surface area contributed by atoms with E-state index in [1.807, 2.05) is 6.20 Å². The van der Waals surface area contributed by atoms with E-state index in [0.29, 0.717) is 16.9 Å². The molecule has 1 aliphatic rings. The first-order valence-corrected chi connectivity index (χ1v) is 8.49. The third-order valence-electron chi connectivity index (χ3n) is 3.62. The summed E-state index contributed by atoms with van der Waals surface area (Å²) in [6.45, 7) is 10.5. The van der Waals surface area contributed by atoms with Gasteiger partial charge >= 0.3 is 0 Å². The van der Waals surface area contributed by atoms with Gasteiger partial charge in [0.2, 0.25) is 0 Å². The molecule has 0 amide bonds. The van der Waals surface area contributed by atoms with Crippen LogP contribution in [0.15, 0.2) is 6.20 Å². The number of nitrogens with one attached hydrogen (secondary N) is 1. The Hall–Kier alpha value is 0.320. The van der Waals surface area contributed by atoms with Gasteiger partial charge in [0.15, 0.2) is 0 Å². The third kappa shape index (κ3) is 4.17. The van der Waals surface area contributed by atoms with Crippen molar-refractivity contribution < 1.29 is 0 Å². The Labute approximate surface area is 128 Å². The van der Waals surface area contributed by atoms with Crippen LogP contribution in [0.25, 0.3) is 0 Å². The van der Waals surface area contributed by atoms with Crippen LogP contribution in [0.3, 0.4) is 0 Å². The second-order valence-corrected chi connectivity index (χ2v) is 10.1. The molecule has 4 heteroatoms. The lowest BCUT2D eigenvalue weighted by atomic mass is 9.63. The van der Waals surface area contributed by atoms with E-state index in [-0.39, 0.29) is 0 Å². The third-order valence-corrected chi connectivity index (χ3v) is 5.35. The van der Waals surface area contributed by atoms with Crippen LogP contribution in [-0.2, 0) is 6.54 Å². The zero-order valence-electron chi connectivity index (χ0n) is 11.7. The fourth-order valence-corrected chi connectivity index (χ4v) is 5.08. The lowest BCUT2D eigenvalue weighted by Crippen LogP contribution is -2.43. The highest BCUT2D eigenvalue weighted by Crippen LogP contribution is 2.45. The Balaban J connectivity index is 1.93. The van der Waals surface area contributed by atoms with Crippen molar-refractivity contribution in [3.63, 3.8) is 0 Å². The number of halogens is 1. The smallest absolute Gasteiger partial charge is 0.107 e. The number of hydrogen-bond acceptors (Lipinski definition) is 3. The largest absolute Gasteiger partial charge is 0.308 e. The zero-order chi connectivity index (χ0) is 13.4. The quantitative estimate of drug-likeness (QED) is 0.787. The number of rotatable bonds is 3. The van der Waals surface area contributed by atoms with Gasteiger partial charge in [-0.05, 0) is 52.7 Å². The monoisotopic (exact) mass is 378 g/mol. The molecule has 0 bridgehead atoms. The van der Waals surface area contributed by atoms with Crippen molar-refractivity contribution in [1.29, 1.82) is 0 Å². The number of hydrogen-bond donors (Lipinski definition) is 1. The molecule has 1 aromatic rings. The van der Waals surface area contributed by atoms with Crippen LogP contribution in [0.1, 0.15) is 52.0 Å². The molecule has 2 rings (SSSR count). The van der Waals surface area contributed by atoms with Crippen LogP contribution in [0.5, 0.6) is 0 Å². The second kappa shape index (κ2) is 5.37. The van der Waals surface area contributed by atoms with Gasteiger partial charge in [0.1, 0.15) is 5.01 Å². The standard InChI is InChI=1S/C14H23IN2S/c1-13(2)5-10(6-14(3,4)9-13)16-8-12-17-7-11(15)18-12/h7,10,16H,5-6,8-9H2,1-4H3. The molecular formula is C14H23IN2S. The lowest BCUT2D eigenvalue weighted by Gasteiger charge is -2.45. The van der Waals surface area contributed by atoms with Gasteiger partial charge in [0.25, 0.3) is 0 Å². The van der Waals surface area contributed by atoms with Gasteiger partial charge in [0, 0.05) is 12.6 Å². The second-order valence-electron chi connectivity index (χ2n) is 7.05. The minimum absolute atomic E-state index is 0.455. The highest BCUT2D eigenvalue weighted by molar-refractivity contribution is 14.1. The van der Waals surface area contributed by atoms with Gasteiger partial charge in [-0.1, -0.05) is 27.7 Å². The topological polar surface area (TPSA) is 24.9 Å². The summed E-state index contributed by atoms with van der Waals surface area (Å²) >= 11 is 4.12. The maximum atomic E-state index is 4.42. The first-order valence-electron chi connectivity index (χ1n) is 6.59. The summed E-state index contributed by atoms with van der Waals surface area (Å²) in [5.41, 5.74) is 0.910. The molecule has 0 aliphatic heterocycles. The molecule has 1 fully saturated rings. The highest BCUT2D eigenvalue weighted by atomic mass is 127. The first-order chi connectivity index (χ1) is 8.26.